The van der Waals surface area contributed by atoms with E-state index in [2.05, 4.69) is 14.9 Å². The zero-order chi connectivity index (χ0) is 21.0. The van der Waals surface area contributed by atoms with Gasteiger partial charge in [-0.1, -0.05) is 18.2 Å². The molecular weight excluding hydrogens is 402 g/mol. The van der Waals surface area contributed by atoms with Crippen molar-refractivity contribution in [2.45, 2.75) is 31.8 Å². The van der Waals surface area contributed by atoms with Crippen molar-refractivity contribution in [1.29, 1.82) is 0 Å². The summed E-state index contributed by atoms with van der Waals surface area (Å²) in [7, 11) is -3.79. The predicted molar refractivity (Wildman–Crippen MR) is 117 cm³/mol. The summed E-state index contributed by atoms with van der Waals surface area (Å²) in [6.07, 6.45) is 4.15. The summed E-state index contributed by atoms with van der Waals surface area (Å²) in [5.74, 6) is -0.355. The molecule has 1 unspecified atom stereocenters. The highest BCUT2D eigenvalue weighted by Gasteiger charge is 2.24. The number of amides is 1. The number of anilines is 2. The van der Waals surface area contributed by atoms with E-state index in [1.54, 1.807) is 12.1 Å². The molecule has 7 nitrogen and oxygen atoms in total. The largest absolute Gasteiger partial charge is 0.488 e. The fourth-order valence-electron chi connectivity index (χ4n) is 3.93. The van der Waals surface area contributed by atoms with Crippen LogP contribution in [0.2, 0.25) is 0 Å². The quantitative estimate of drug-likeness (QED) is 0.706. The lowest BCUT2D eigenvalue weighted by atomic mass is 10.1. The van der Waals surface area contributed by atoms with Crippen molar-refractivity contribution in [3.05, 3.63) is 54.1 Å². The Balaban J connectivity index is 1.25. The highest BCUT2D eigenvalue weighted by molar-refractivity contribution is 7.93. The smallest absolute Gasteiger partial charge is 0.241 e. The molecular formula is C22H27N3O4S. The molecule has 2 N–H and O–H groups in total. The SMILES string of the molecule is O=C(CS(=O)(=O)Nc1ccc(N2CCCCC2)cc1)NCC1Cc2ccccc2O1. The average Bonchev–Trinajstić information content (AvgIpc) is 3.16. The number of piperidine rings is 1. The minimum Gasteiger partial charge on any atom is -0.488 e. The van der Waals surface area contributed by atoms with E-state index < -0.39 is 21.7 Å². The Labute approximate surface area is 177 Å². The fraction of sp³-hybridized carbons (Fsp3) is 0.409. The molecule has 30 heavy (non-hydrogen) atoms. The second-order valence-corrected chi connectivity index (χ2v) is 9.53. The zero-order valence-corrected chi connectivity index (χ0v) is 17.7. The van der Waals surface area contributed by atoms with Crippen molar-refractivity contribution < 1.29 is 17.9 Å². The Kier molecular flexibility index (Phi) is 6.13. The van der Waals surface area contributed by atoms with Crippen LogP contribution in [0.5, 0.6) is 5.75 Å². The van der Waals surface area contributed by atoms with Crippen LogP contribution in [0.25, 0.3) is 0 Å². The molecule has 0 radical (unpaired) electrons. The van der Waals surface area contributed by atoms with Crippen molar-refractivity contribution in [3.63, 3.8) is 0 Å². The normalized spacial score (nSPS) is 18.4. The van der Waals surface area contributed by atoms with Crippen LogP contribution >= 0.6 is 0 Å². The molecule has 2 aliphatic rings. The Bertz CT molecular complexity index is 961. The van der Waals surface area contributed by atoms with Gasteiger partial charge in [0.05, 0.1) is 6.54 Å². The van der Waals surface area contributed by atoms with Gasteiger partial charge in [0, 0.05) is 30.9 Å². The van der Waals surface area contributed by atoms with Gasteiger partial charge >= 0.3 is 0 Å². The van der Waals surface area contributed by atoms with Crippen LogP contribution in [0.15, 0.2) is 48.5 Å². The molecule has 0 bridgehead atoms. The van der Waals surface area contributed by atoms with E-state index in [0.717, 1.165) is 30.1 Å². The standard InChI is InChI=1S/C22H27N3O4S/c26-22(23-15-20-14-17-6-2-3-7-21(17)29-20)16-30(27,28)24-18-8-10-19(11-9-18)25-12-4-1-5-13-25/h2-3,6-11,20,24H,1,4-5,12-16H2,(H,23,26). The molecule has 2 aromatic carbocycles. The van der Waals surface area contributed by atoms with Gasteiger partial charge in [-0.15, -0.1) is 0 Å². The van der Waals surface area contributed by atoms with Gasteiger partial charge < -0.3 is 15.0 Å². The van der Waals surface area contributed by atoms with E-state index in [4.69, 9.17) is 4.74 Å². The third kappa shape index (κ3) is 5.24. The summed E-state index contributed by atoms with van der Waals surface area (Å²) >= 11 is 0. The van der Waals surface area contributed by atoms with E-state index in [-0.39, 0.29) is 12.6 Å². The summed E-state index contributed by atoms with van der Waals surface area (Å²) < 4.78 is 33.0. The summed E-state index contributed by atoms with van der Waals surface area (Å²) in [6, 6.07) is 15.0. The van der Waals surface area contributed by atoms with Crippen LogP contribution in [0.3, 0.4) is 0 Å². The predicted octanol–water partition coefficient (Wildman–Crippen LogP) is 2.54. The average molecular weight is 430 g/mol. The van der Waals surface area contributed by atoms with Crippen LogP contribution in [0.4, 0.5) is 11.4 Å². The van der Waals surface area contributed by atoms with E-state index in [0.29, 0.717) is 12.1 Å². The van der Waals surface area contributed by atoms with E-state index >= 15 is 0 Å². The third-order valence-electron chi connectivity index (χ3n) is 5.42. The molecule has 0 aliphatic carbocycles. The molecule has 1 fully saturated rings. The van der Waals surface area contributed by atoms with Crippen LogP contribution in [0, 0.1) is 0 Å². The maximum Gasteiger partial charge on any atom is 0.241 e. The number of hydrogen-bond donors (Lipinski definition) is 2. The van der Waals surface area contributed by atoms with Gasteiger partial charge in [-0.2, -0.15) is 0 Å². The molecule has 1 amide bonds. The van der Waals surface area contributed by atoms with Crippen LogP contribution in [0.1, 0.15) is 24.8 Å². The van der Waals surface area contributed by atoms with E-state index in [1.807, 2.05) is 36.4 Å². The number of hydrogen-bond acceptors (Lipinski definition) is 5. The minimum absolute atomic E-state index is 0.177. The number of para-hydroxylation sites is 1. The number of carbonyl (C=O) groups is 1. The van der Waals surface area contributed by atoms with E-state index in [9.17, 15) is 13.2 Å². The van der Waals surface area contributed by atoms with Crippen molar-refractivity contribution >= 4 is 27.3 Å². The number of carbonyl (C=O) groups excluding carboxylic acids is 1. The summed E-state index contributed by atoms with van der Waals surface area (Å²) in [6.45, 7) is 2.33. The third-order valence-corrected chi connectivity index (χ3v) is 6.61. The topological polar surface area (TPSA) is 87.7 Å². The molecule has 4 rings (SSSR count). The number of sulfonamides is 1. The van der Waals surface area contributed by atoms with Gasteiger partial charge in [-0.3, -0.25) is 9.52 Å². The molecule has 0 saturated carbocycles. The van der Waals surface area contributed by atoms with E-state index in [1.165, 1.54) is 19.3 Å². The van der Waals surface area contributed by atoms with Gasteiger partial charge in [0.2, 0.25) is 15.9 Å². The number of fused-ring (bicyclic) bond motifs is 1. The minimum atomic E-state index is -3.79. The van der Waals surface area contributed by atoms with Gasteiger partial charge in [-0.05, 0) is 55.2 Å². The van der Waals surface area contributed by atoms with Crippen LogP contribution in [-0.4, -0.2) is 45.8 Å². The van der Waals surface area contributed by atoms with Crippen molar-refractivity contribution in [2.24, 2.45) is 0 Å². The Morgan fingerprint density at radius 1 is 1.03 bits per heavy atom. The van der Waals surface area contributed by atoms with Gasteiger partial charge in [0.1, 0.15) is 17.6 Å². The first-order chi connectivity index (χ1) is 14.5. The molecule has 8 heteroatoms. The lowest BCUT2D eigenvalue weighted by molar-refractivity contribution is -0.118. The second kappa shape index (κ2) is 8.95. The summed E-state index contributed by atoms with van der Waals surface area (Å²) in [5, 5.41) is 2.66. The molecule has 2 aliphatic heterocycles. The van der Waals surface area contributed by atoms with Crippen molar-refractivity contribution in [1.82, 2.24) is 5.32 Å². The van der Waals surface area contributed by atoms with Crippen molar-refractivity contribution in [3.8, 4) is 5.75 Å². The number of benzene rings is 2. The highest BCUT2D eigenvalue weighted by atomic mass is 32.2. The van der Waals surface area contributed by atoms with Gasteiger partial charge in [0.25, 0.3) is 0 Å². The summed E-state index contributed by atoms with van der Waals surface area (Å²) in [5.41, 5.74) is 2.64. The first kappa shape index (κ1) is 20.5. The molecule has 1 atom stereocenters. The first-order valence-corrected chi connectivity index (χ1v) is 12.0. The number of nitrogens with zero attached hydrogens (tertiary/aromatic N) is 1. The van der Waals surface area contributed by atoms with Gasteiger partial charge in [0.15, 0.2) is 0 Å². The monoisotopic (exact) mass is 429 g/mol. The highest BCUT2D eigenvalue weighted by Crippen LogP contribution is 2.27. The van der Waals surface area contributed by atoms with Crippen LogP contribution in [-0.2, 0) is 21.2 Å². The summed E-state index contributed by atoms with van der Waals surface area (Å²) in [4.78, 5) is 14.5. The van der Waals surface area contributed by atoms with Gasteiger partial charge in [-0.25, -0.2) is 8.42 Å². The molecule has 0 spiro atoms. The maximum absolute atomic E-state index is 12.4. The zero-order valence-electron chi connectivity index (χ0n) is 16.8. The molecule has 1 saturated heterocycles. The Morgan fingerprint density at radius 3 is 2.50 bits per heavy atom. The Morgan fingerprint density at radius 2 is 1.77 bits per heavy atom. The lowest BCUT2D eigenvalue weighted by Gasteiger charge is -2.28. The molecule has 0 aromatic heterocycles. The Hall–Kier alpha value is -2.74. The number of nitrogens with one attached hydrogen (secondary N) is 2. The molecule has 2 aromatic rings. The number of rotatable bonds is 7. The maximum atomic E-state index is 12.4. The number of ether oxygens (including phenoxy) is 1. The second-order valence-electron chi connectivity index (χ2n) is 7.81. The van der Waals surface area contributed by atoms with Crippen LogP contribution < -0.4 is 19.7 Å². The fourth-order valence-corrected chi connectivity index (χ4v) is 4.94. The molecule has 160 valence electrons. The lowest BCUT2D eigenvalue weighted by Crippen LogP contribution is -2.38. The van der Waals surface area contributed by atoms with Crippen molar-refractivity contribution in [2.75, 3.05) is 35.0 Å². The molecule has 2 heterocycles. The first-order valence-electron chi connectivity index (χ1n) is 10.4.